The third-order valence-electron chi connectivity index (χ3n) is 1.50. The van der Waals surface area contributed by atoms with Crippen LogP contribution < -0.4 is 0 Å². The van der Waals surface area contributed by atoms with Crippen LogP contribution in [0.1, 0.15) is 25.0 Å². The van der Waals surface area contributed by atoms with Crippen LogP contribution in [0.2, 0.25) is 5.02 Å². The van der Waals surface area contributed by atoms with Gasteiger partial charge in [0.05, 0.1) is 12.5 Å². The summed E-state index contributed by atoms with van der Waals surface area (Å²) in [6.45, 7) is 7.63. The average Bonchev–Trinajstić information content (AvgIpc) is 2.20. The van der Waals surface area contributed by atoms with Gasteiger partial charge in [0.15, 0.2) is 0 Å². The molecule has 2 heteroatoms. The Hall–Kier alpha value is -1.26. The van der Waals surface area contributed by atoms with E-state index in [4.69, 9.17) is 16.9 Å². The SMILES string of the molecule is C=Cc1cc(Cl)cc(CC#N)c1.CC. The van der Waals surface area contributed by atoms with Gasteiger partial charge in [-0.3, -0.25) is 0 Å². The summed E-state index contributed by atoms with van der Waals surface area (Å²) in [7, 11) is 0. The molecule has 1 rings (SSSR count). The molecule has 0 heterocycles. The van der Waals surface area contributed by atoms with E-state index in [2.05, 4.69) is 12.6 Å². The maximum absolute atomic E-state index is 8.46. The molecule has 0 saturated carbocycles. The molecule has 1 aromatic carbocycles. The summed E-state index contributed by atoms with van der Waals surface area (Å²) in [5.41, 5.74) is 1.88. The van der Waals surface area contributed by atoms with Gasteiger partial charge in [0.1, 0.15) is 0 Å². The highest BCUT2D eigenvalue weighted by Gasteiger charge is 1.96. The van der Waals surface area contributed by atoms with Gasteiger partial charge < -0.3 is 0 Å². The molecule has 0 aromatic heterocycles. The summed E-state index contributed by atoms with van der Waals surface area (Å²) < 4.78 is 0. The maximum atomic E-state index is 8.46. The van der Waals surface area contributed by atoms with E-state index in [1.54, 1.807) is 12.1 Å². The molecule has 0 unspecified atom stereocenters. The van der Waals surface area contributed by atoms with Crippen molar-refractivity contribution in [3.8, 4) is 6.07 Å². The number of benzene rings is 1. The van der Waals surface area contributed by atoms with E-state index in [9.17, 15) is 0 Å². The lowest BCUT2D eigenvalue weighted by Gasteiger charge is -1.98. The normalized spacial score (nSPS) is 8.14. The van der Waals surface area contributed by atoms with Crippen molar-refractivity contribution in [3.05, 3.63) is 40.9 Å². The second-order valence-electron chi connectivity index (χ2n) is 2.43. The van der Waals surface area contributed by atoms with Crippen molar-refractivity contribution >= 4 is 17.7 Å². The fourth-order valence-corrected chi connectivity index (χ4v) is 1.25. The molecule has 1 nitrogen and oxygen atoms in total. The van der Waals surface area contributed by atoms with Gasteiger partial charge in [-0.1, -0.05) is 44.2 Å². The quantitative estimate of drug-likeness (QED) is 0.717. The van der Waals surface area contributed by atoms with E-state index in [1.807, 2.05) is 26.0 Å². The number of halogens is 1. The summed E-state index contributed by atoms with van der Waals surface area (Å²) in [6, 6.07) is 7.58. The summed E-state index contributed by atoms with van der Waals surface area (Å²) >= 11 is 5.81. The van der Waals surface area contributed by atoms with Crippen molar-refractivity contribution in [1.29, 1.82) is 5.26 Å². The molecule has 0 amide bonds. The minimum absolute atomic E-state index is 0.390. The summed E-state index contributed by atoms with van der Waals surface area (Å²) in [5.74, 6) is 0. The molecule has 0 atom stereocenters. The Balaban J connectivity index is 0.000000791. The first-order chi connectivity index (χ1) is 6.76. The second kappa shape index (κ2) is 7.17. The number of hydrogen-bond acceptors (Lipinski definition) is 1. The van der Waals surface area contributed by atoms with Gasteiger partial charge in [0.2, 0.25) is 0 Å². The van der Waals surface area contributed by atoms with Crippen LogP contribution in [0.15, 0.2) is 24.8 Å². The van der Waals surface area contributed by atoms with E-state index < -0.39 is 0 Å². The van der Waals surface area contributed by atoms with Gasteiger partial charge in [-0.15, -0.1) is 0 Å². The zero-order valence-electron chi connectivity index (χ0n) is 8.55. The highest BCUT2D eigenvalue weighted by molar-refractivity contribution is 6.30. The summed E-state index contributed by atoms with van der Waals surface area (Å²) in [4.78, 5) is 0. The lowest BCUT2D eigenvalue weighted by molar-refractivity contribution is 1.26. The Bertz CT molecular complexity index is 337. The minimum Gasteiger partial charge on any atom is -0.198 e. The van der Waals surface area contributed by atoms with Crippen molar-refractivity contribution in [3.63, 3.8) is 0 Å². The van der Waals surface area contributed by atoms with Gasteiger partial charge in [0, 0.05) is 5.02 Å². The average molecular weight is 208 g/mol. The number of rotatable bonds is 2. The summed E-state index contributed by atoms with van der Waals surface area (Å²) in [5, 5.41) is 9.11. The molecule has 1 aromatic rings. The van der Waals surface area contributed by atoms with Gasteiger partial charge >= 0.3 is 0 Å². The molecule has 0 bridgehead atoms. The highest BCUT2D eigenvalue weighted by Crippen LogP contribution is 2.16. The van der Waals surface area contributed by atoms with Gasteiger partial charge in [-0.05, 0) is 23.3 Å². The molecule has 0 aliphatic heterocycles. The Morgan fingerprint density at radius 2 is 2.07 bits per heavy atom. The Morgan fingerprint density at radius 1 is 1.43 bits per heavy atom. The zero-order chi connectivity index (χ0) is 11.0. The first-order valence-electron chi connectivity index (χ1n) is 4.55. The van der Waals surface area contributed by atoms with Crippen LogP contribution in [-0.4, -0.2) is 0 Å². The third-order valence-corrected chi connectivity index (χ3v) is 1.72. The van der Waals surface area contributed by atoms with Crippen LogP contribution in [0.4, 0.5) is 0 Å². The van der Waals surface area contributed by atoms with E-state index in [0.717, 1.165) is 11.1 Å². The van der Waals surface area contributed by atoms with Crippen molar-refractivity contribution in [2.45, 2.75) is 20.3 Å². The van der Waals surface area contributed by atoms with Crippen LogP contribution in [-0.2, 0) is 6.42 Å². The van der Waals surface area contributed by atoms with Gasteiger partial charge in [0.25, 0.3) is 0 Å². The van der Waals surface area contributed by atoms with Crippen molar-refractivity contribution in [1.82, 2.24) is 0 Å². The maximum Gasteiger partial charge on any atom is 0.0669 e. The number of hydrogen-bond donors (Lipinski definition) is 0. The fraction of sp³-hybridized carbons (Fsp3) is 0.250. The molecule has 14 heavy (non-hydrogen) atoms. The molecular formula is C12H14ClN. The smallest absolute Gasteiger partial charge is 0.0669 e. The predicted octanol–water partition coefficient (Wildman–Crippen LogP) is 4.08. The molecular weight excluding hydrogens is 194 g/mol. The lowest BCUT2D eigenvalue weighted by Crippen LogP contribution is -1.82. The van der Waals surface area contributed by atoms with Gasteiger partial charge in [-0.25, -0.2) is 0 Å². The standard InChI is InChI=1S/C10H8ClN.C2H6/c1-2-8-5-9(3-4-12)7-10(11)6-8;1-2/h2,5-7H,1,3H2;1-2H3. The molecule has 0 N–H and O–H groups in total. The monoisotopic (exact) mass is 207 g/mol. The summed E-state index contributed by atoms with van der Waals surface area (Å²) in [6.07, 6.45) is 2.11. The van der Waals surface area contributed by atoms with E-state index >= 15 is 0 Å². The topological polar surface area (TPSA) is 23.8 Å². The Kier molecular flexibility index (Phi) is 6.53. The third kappa shape index (κ3) is 4.11. The first kappa shape index (κ1) is 12.7. The second-order valence-corrected chi connectivity index (χ2v) is 2.87. The molecule has 0 aliphatic rings. The molecule has 0 fully saturated rings. The zero-order valence-corrected chi connectivity index (χ0v) is 9.30. The molecule has 0 saturated heterocycles. The highest BCUT2D eigenvalue weighted by atomic mass is 35.5. The van der Waals surface area contributed by atoms with E-state index in [-0.39, 0.29) is 0 Å². The van der Waals surface area contributed by atoms with Crippen LogP contribution in [0, 0.1) is 11.3 Å². The van der Waals surface area contributed by atoms with Crippen LogP contribution in [0.25, 0.3) is 6.08 Å². The van der Waals surface area contributed by atoms with Crippen LogP contribution in [0.3, 0.4) is 0 Å². The number of nitrogens with zero attached hydrogens (tertiary/aromatic N) is 1. The molecule has 0 spiro atoms. The molecule has 0 radical (unpaired) electrons. The fourth-order valence-electron chi connectivity index (χ4n) is 0.987. The lowest BCUT2D eigenvalue weighted by atomic mass is 10.1. The van der Waals surface area contributed by atoms with Crippen LogP contribution >= 0.6 is 11.6 Å². The largest absolute Gasteiger partial charge is 0.198 e. The number of nitriles is 1. The van der Waals surface area contributed by atoms with Crippen LogP contribution in [0.5, 0.6) is 0 Å². The van der Waals surface area contributed by atoms with Crippen molar-refractivity contribution in [2.75, 3.05) is 0 Å². The minimum atomic E-state index is 0.390. The van der Waals surface area contributed by atoms with Crippen molar-refractivity contribution < 1.29 is 0 Å². The molecule has 0 aliphatic carbocycles. The first-order valence-corrected chi connectivity index (χ1v) is 4.93. The van der Waals surface area contributed by atoms with Crippen molar-refractivity contribution in [2.24, 2.45) is 0 Å². The van der Waals surface area contributed by atoms with E-state index in [1.165, 1.54) is 0 Å². The Labute approximate surface area is 90.6 Å². The van der Waals surface area contributed by atoms with Gasteiger partial charge in [-0.2, -0.15) is 5.26 Å². The Morgan fingerprint density at radius 3 is 2.57 bits per heavy atom. The van der Waals surface area contributed by atoms with E-state index in [0.29, 0.717) is 11.4 Å². The predicted molar refractivity (Wildman–Crippen MR) is 62.2 cm³/mol. The molecule has 74 valence electrons.